The lowest BCUT2D eigenvalue weighted by Gasteiger charge is -2.24. The average molecular weight is 595 g/mol. The Morgan fingerprint density at radius 3 is 2.21 bits per heavy atom. The molecule has 1 amide bonds. The second kappa shape index (κ2) is 12.4. The third kappa shape index (κ3) is 5.28. The Morgan fingerprint density at radius 2 is 1.67 bits per heavy atom. The molecule has 42 heavy (non-hydrogen) atoms. The Balaban J connectivity index is 1.99. The van der Waals surface area contributed by atoms with Crippen LogP contribution in [0.5, 0.6) is 23.0 Å². The van der Waals surface area contributed by atoms with E-state index in [0.29, 0.717) is 33.9 Å². The molecule has 0 saturated carbocycles. The molecule has 220 valence electrons. The standard InChI is InChI=1S/C30H30N2O9S/c1-8-11-41-29(36)27-16(3)31-30(42-27)32-23(18-13-20(38-5)26(40-7)21(14-18)39-6)22(25(34)28(32)35)24(33)17-9-10-19(37-4)15(2)12-17/h8-10,12-14,23,33H,1,11H2,2-7H3/t23-/m0/s1. The van der Waals surface area contributed by atoms with Crippen molar-refractivity contribution in [2.24, 2.45) is 0 Å². The van der Waals surface area contributed by atoms with Crippen LogP contribution < -0.4 is 23.8 Å². The summed E-state index contributed by atoms with van der Waals surface area (Å²) >= 11 is 0.889. The Labute approximate surface area is 246 Å². The zero-order valence-electron chi connectivity index (χ0n) is 24.0. The quantitative estimate of drug-likeness (QED) is 0.115. The van der Waals surface area contributed by atoms with Crippen molar-refractivity contribution < 1.29 is 43.2 Å². The summed E-state index contributed by atoms with van der Waals surface area (Å²) in [5.74, 6) is -1.52. The summed E-state index contributed by atoms with van der Waals surface area (Å²) in [6.45, 7) is 6.91. The van der Waals surface area contributed by atoms with Gasteiger partial charge in [-0.15, -0.1) is 0 Å². The number of nitrogens with zero attached hydrogens (tertiary/aromatic N) is 2. The summed E-state index contributed by atoms with van der Waals surface area (Å²) in [6.07, 6.45) is 1.43. The molecule has 11 nitrogen and oxygen atoms in total. The number of rotatable bonds is 10. The maximum Gasteiger partial charge on any atom is 0.350 e. The van der Waals surface area contributed by atoms with Crippen LogP contribution in [0.1, 0.15) is 38.1 Å². The van der Waals surface area contributed by atoms with Crippen molar-refractivity contribution in [3.8, 4) is 23.0 Å². The topological polar surface area (TPSA) is 134 Å². The van der Waals surface area contributed by atoms with E-state index in [1.54, 1.807) is 44.2 Å². The maximum atomic E-state index is 13.7. The Kier molecular flexibility index (Phi) is 8.86. The second-order valence-corrected chi connectivity index (χ2v) is 10.1. The minimum Gasteiger partial charge on any atom is -0.507 e. The fourth-order valence-corrected chi connectivity index (χ4v) is 5.65. The molecule has 0 spiro atoms. The van der Waals surface area contributed by atoms with Crippen LogP contribution in [0, 0.1) is 13.8 Å². The third-order valence-electron chi connectivity index (χ3n) is 6.62. The molecule has 1 aromatic heterocycles. The van der Waals surface area contributed by atoms with Gasteiger partial charge in [-0.3, -0.25) is 14.5 Å². The number of ketones is 1. The molecular weight excluding hydrogens is 564 g/mol. The smallest absolute Gasteiger partial charge is 0.350 e. The van der Waals surface area contributed by atoms with E-state index in [9.17, 15) is 19.5 Å². The van der Waals surface area contributed by atoms with Crippen LogP contribution in [-0.4, -0.2) is 62.8 Å². The number of benzene rings is 2. The molecule has 1 N–H and O–H groups in total. The normalized spacial score (nSPS) is 15.9. The van der Waals surface area contributed by atoms with Crippen molar-refractivity contribution >= 4 is 39.9 Å². The number of anilines is 1. The fraction of sp³-hybridized carbons (Fsp3) is 0.267. The van der Waals surface area contributed by atoms with E-state index in [4.69, 9.17) is 23.7 Å². The number of hydrogen-bond acceptors (Lipinski definition) is 11. The summed E-state index contributed by atoms with van der Waals surface area (Å²) in [7, 11) is 5.84. The van der Waals surface area contributed by atoms with Gasteiger partial charge >= 0.3 is 11.9 Å². The number of ether oxygens (including phenoxy) is 5. The average Bonchev–Trinajstić information content (AvgIpc) is 3.50. The van der Waals surface area contributed by atoms with Crippen molar-refractivity contribution in [1.29, 1.82) is 0 Å². The molecule has 1 saturated heterocycles. The zero-order chi connectivity index (χ0) is 30.7. The van der Waals surface area contributed by atoms with Gasteiger partial charge < -0.3 is 28.8 Å². The SMILES string of the molecule is C=CCOC(=O)c1sc(N2C(=O)C(=O)C(=C(O)c3ccc(OC)c(C)c3)[C@@H]2c2cc(OC)c(OC)c(OC)c2)nc1C. The van der Waals surface area contributed by atoms with E-state index < -0.39 is 29.5 Å². The maximum absolute atomic E-state index is 13.7. The van der Waals surface area contributed by atoms with Gasteiger partial charge in [-0.25, -0.2) is 9.78 Å². The second-order valence-electron chi connectivity index (χ2n) is 9.11. The predicted octanol–water partition coefficient (Wildman–Crippen LogP) is 4.76. The number of amides is 1. The van der Waals surface area contributed by atoms with E-state index in [-0.39, 0.29) is 33.7 Å². The number of esters is 1. The lowest BCUT2D eigenvalue weighted by molar-refractivity contribution is -0.132. The molecule has 0 aliphatic carbocycles. The van der Waals surface area contributed by atoms with Gasteiger partial charge in [-0.05, 0) is 55.3 Å². The molecule has 0 unspecified atom stereocenters. The van der Waals surface area contributed by atoms with Gasteiger partial charge in [0.2, 0.25) is 5.75 Å². The van der Waals surface area contributed by atoms with Crippen molar-refractivity contribution in [3.05, 3.63) is 75.8 Å². The molecule has 1 aliphatic heterocycles. The molecule has 0 radical (unpaired) electrons. The van der Waals surface area contributed by atoms with Crippen LogP contribution in [0.2, 0.25) is 0 Å². The first-order valence-electron chi connectivity index (χ1n) is 12.6. The highest BCUT2D eigenvalue weighted by Gasteiger charge is 2.49. The van der Waals surface area contributed by atoms with E-state index in [1.807, 2.05) is 0 Å². The minimum atomic E-state index is -1.18. The molecule has 2 heterocycles. The van der Waals surface area contributed by atoms with Crippen LogP contribution >= 0.6 is 11.3 Å². The first-order chi connectivity index (χ1) is 20.1. The highest BCUT2D eigenvalue weighted by atomic mass is 32.1. The number of hydrogen-bond donors (Lipinski definition) is 1. The molecule has 1 aliphatic rings. The molecule has 1 atom stereocenters. The molecule has 0 bridgehead atoms. The van der Waals surface area contributed by atoms with Crippen LogP contribution in [0.25, 0.3) is 5.76 Å². The summed E-state index contributed by atoms with van der Waals surface area (Å²) in [5.41, 5.74) is 1.48. The van der Waals surface area contributed by atoms with Gasteiger partial charge in [-0.1, -0.05) is 24.0 Å². The monoisotopic (exact) mass is 594 g/mol. The Hall–Kier alpha value is -4.84. The lowest BCUT2D eigenvalue weighted by atomic mass is 9.94. The molecule has 1 fully saturated rings. The molecule has 2 aromatic carbocycles. The molecular formula is C30H30N2O9S. The lowest BCUT2D eigenvalue weighted by Crippen LogP contribution is -2.29. The van der Waals surface area contributed by atoms with E-state index in [2.05, 4.69) is 11.6 Å². The summed E-state index contributed by atoms with van der Waals surface area (Å²) < 4.78 is 27.0. The number of Topliss-reactive ketones (excluding diaryl/α,β-unsaturated/α-hetero) is 1. The number of carbonyl (C=O) groups excluding carboxylic acids is 3. The Morgan fingerprint density at radius 1 is 1.02 bits per heavy atom. The summed E-state index contributed by atoms with van der Waals surface area (Å²) in [4.78, 5) is 45.7. The highest BCUT2D eigenvalue weighted by molar-refractivity contribution is 7.17. The van der Waals surface area contributed by atoms with Crippen LogP contribution in [0.15, 0.2) is 48.6 Å². The largest absolute Gasteiger partial charge is 0.507 e. The van der Waals surface area contributed by atoms with Gasteiger partial charge in [0.05, 0.1) is 45.7 Å². The molecule has 3 aromatic rings. The van der Waals surface area contributed by atoms with Crippen molar-refractivity contribution in [2.45, 2.75) is 19.9 Å². The number of aryl methyl sites for hydroxylation is 2. The minimum absolute atomic E-state index is 0.0112. The fourth-order valence-electron chi connectivity index (χ4n) is 4.66. The first-order valence-corrected chi connectivity index (χ1v) is 13.4. The summed E-state index contributed by atoms with van der Waals surface area (Å²) in [5, 5.41) is 11.6. The summed E-state index contributed by atoms with van der Waals surface area (Å²) in [6, 6.07) is 6.87. The third-order valence-corrected chi connectivity index (χ3v) is 7.76. The van der Waals surface area contributed by atoms with E-state index in [0.717, 1.165) is 16.2 Å². The Bertz CT molecular complexity index is 1580. The molecule has 12 heteroatoms. The van der Waals surface area contributed by atoms with Gasteiger partial charge in [0.1, 0.15) is 23.0 Å². The van der Waals surface area contributed by atoms with Gasteiger partial charge in [0.25, 0.3) is 5.78 Å². The first kappa shape index (κ1) is 30.1. The van der Waals surface area contributed by atoms with Gasteiger partial charge in [-0.2, -0.15) is 0 Å². The number of aromatic nitrogens is 1. The van der Waals surface area contributed by atoms with Crippen LogP contribution in [0.3, 0.4) is 0 Å². The van der Waals surface area contributed by atoms with E-state index in [1.165, 1.54) is 34.5 Å². The predicted molar refractivity (Wildman–Crippen MR) is 156 cm³/mol. The number of carbonyl (C=O) groups is 3. The van der Waals surface area contributed by atoms with Crippen LogP contribution in [0.4, 0.5) is 5.13 Å². The highest BCUT2D eigenvalue weighted by Crippen LogP contribution is 2.48. The number of aliphatic hydroxyl groups is 1. The zero-order valence-corrected chi connectivity index (χ0v) is 24.8. The van der Waals surface area contributed by atoms with Crippen molar-refractivity contribution in [1.82, 2.24) is 4.98 Å². The van der Waals surface area contributed by atoms with Crippen molar-refractivity contribution in [3.63, 3.8) is 0 Å². The van der Waals surface area contributed by atoms with E-state index >= 15 is 0 Å². The number of thiazole rings is 1. The number of methoxy groups -OCH3 is 4. The molecule has 4 rings (SSSR count). The van der Waals surface area contributed by atoms with Gasteiger partial charge in [0.15, 0.2) is 16.6 Å². The van der Waals surface area contributed by atoms with Crippen LogP contribution in [-0.2, 0) is 14.3 Å². The van der Waals surface area contributed by atoms with Crippen molar-refractivity contribution in [2.75, 3.05) is 39.9 Å². The number of aliphatic hydroxyl groups excluding tert-OH is 1. The van der Waals surface area contributed by atoms with Gasteiger partial charge in [0, 0.05) is 5.56 Å².